The Kier molecular flexibility index (Phi) is 19.5. The zero-order valence-electron chi connectivity index (χ0n) is 26.1. The standard InChI is InChI=1S/4C7H7NO2.C5H12O4/c4*8-6-4-2-1-3-5(6)7(9)10;6-1-5(2-7,3-8)4-9/h4*1-4H,8H2,(H,9,10);6-9H,1-4H2. The number of hydrogen-bond donors (Lipinski definition) is 12. The summed E-state index contributed by atoms with van der Waals surface area (Å²) in [6, 6.07) is 25.5. The van der Waals surface area contributed by atoms with Crippen LogP contribution in [0.1, 0.15) is 41.4 Å². The van der Waals surface area contributed by atoms with E-state index < -0.39 is 55.7 Å². The Morgan fingerprint density at radius 1 is 0.388 bits per heavy atom. The first-order valence-corrected chi connectivity index (χ1v) is 13.9. The lowest BCUT2D eigenvalue weighted by molar-refractivity contribution is -0.0328. The molecule has 0 aliphatic carbocycles. The third-order valence-corrected chi connectivity index (χ3v) is 6.11. The van der Waals surface area contributed by atoms with Gasteiger partial charge < -0.3 is 63.8 Å². The third kappa shape index (κ3) is 15.3. The Labute approximate surface area is 280 Å². The second kappa shape index (κ2) is 22.3. The number of aromatic carboxylic acids is 4. The number of carbonyl (C=O) groups is 4. The van der Waals surface area contributed by atoms with Gasteiger partial charge in [0.1, 0.15) is 0 Å². The van der Waals surface area contributed by atoms with E-state index in [1.54, 1.807) is 72.8 Å². The smallest absolute Gasteiger partial charge is 0.337 e. The van der Waals surface area contributed by atoms with E-state index in [0.717, 1.165) is 0 Å². The van der Waals surface area contributed by atoms with Crippen molar-refractivity contribution in [3.05, 3.63) is 119 Å². The van der Waals surface area contributed by atoms with Crippen LogP contribution in [-0.2, 0) is 0 Å². The number of rotatable bonds is 8. The van der Waals surface area contributed by atoms with Gasteiger partial charge in [0.05, 0.1) is 54.1 Å². The van der Waals surface area contributed by atoms with E-state index in [2.05, 4.69) is 0 Å². The number of nitrogen functional groups attached to an aromatic ring is 4. The monoisotopic (exact) mass is 684 g/mol. The van der Waals surface area contributed by atoms with E-state index in [9.17, 15) is 19.2 Å². The van der Waals surface area contributed by atoms with Crippen LogP contribution in [0.5, 0.6) is 0 Å². The van der Waals surface area contributed by atoms with Gasteiger partial charge in [-0.1, -0.05) is 48.5 Å². The van der Waals surface area contributed by atoms with Crippen molar-refractivity contribution in [1.29, 1.82) is 0 Å². The maximum Gasteiger partial charge on any atom is 0.337 e. The van der Waals surface area contributed by atoms with E-state index in [0.29, 0.717) is 22.7 Å². The normalized spacial score (nSPS) is 9.71. The lowest BCUT2D eigenvalue weighted by Gasteiger charge is -2.23. The number of aliphatic hydroxyl groups is 4. The molecule has 49 heavy (non-hydrogen) atoms. The molecule has 0 saturated heterocycles. The van der Waals surface area contributed by atoms with E-state index >= 15 is 0 Å². The van der Waals surface area contributed by atoms with Crippen LogP contribution < -0.4 is 22.9 Å². The van der Waals surface area contributed by atoms with Gasteiger partial charge in [0, 0.05) is 22.7 Å². The zero-order valence-corrected chi connectivity index (χ0v) is 26.1. The molecular weight excluding hydrogens is 644 g/mol. The van der Waals surface area contributed by atoms with Crippen molar-refractivity contribution in [1.82, 2.24) is 0 Å². The van der Waals surface area contributed by atoms with Crippen LogP contribution in [0.25, 0.3) is 0 Å². The second-order valence-corrected chi connectivity index (χ2v) is 9.70. The summed E-state index contributed by atoms with van der Waals surface area (Å²) < 4.78 is 0. The first kappa shape index (κ1) is 42.8. The molecule has 0 heterocycles. The number of nitrogens with two attached hydrogens (primary N) is 4. The first-order valence-electron chi connectivity index (χ1n) is 13.9. The molecule has 264 valence electrons. The van der Waals surface area contributed by atoms with Gasteiger partial charge >= 0.3 is 23.9 Å². The van der Waals surface area contributed by atoms with Crippen molar-refractivity contribution in [2.24, 2.45) is 5.41 Å². The quantitative estimate of drug-likeness (QED) is 0.118. The predicted molar refractivity (Wildman–Crippen MR) is 182 cm³/mol. The molecule has 0 aliphatic rings. The number of carboxylic acid groups (broad SMARTS) is 4. The summed E-state index contributed by atoms with van der Waals surface area (Å²) in [7, 11) is 0. The fourth-order valence-electron chi connectivity index (χ4n) is 3.07. The molecular formula is C33H40N4O12. The fraction of sp³-hybridized carbons (Fsp3) is 0.152. The second-order valence-electron chi connectivity index (χ2n) is 9.70. The summed E-state index contributed by atoms with van der Waals surface area (Å²) in [6.07, 6.45) is 0. The molecule has 0 spiro atoms. The fourth-order valence-corrected chi connectivity index (χ4v) is 3.07. The highest BCUT2D eigenvalue weighted by Gasteiger charge is 2.26. The van der Waals surface area contributed by atoms with E-state index in [1.165, 1.54) is 24.3 Å². The minimum absolute atomic E-state index is 0.155. The largest absolute Gasteiger partial charge is 0.478 e. The highest BCUT2D eigenvalue weighted by Crippen LogP contribution is 2.13. The lowest BCUT2D eigenvalue weighted by Crippen LogP contribution is -2.37. The molecule has 0 saturated carbocycles. The van der Waals surface area contributed by atoms with Crippen molar-refractivity contribution >= 4 is 46.6 Å². The van der Waals surface area contributed by atoms with Crippen LogP contribution >= 0.6 is 0 Å². The van der Waals surface area contributed by atoms with Crippen LogP contribution in [0.15, 0.2) is 97.1 Å². The van der Waals surface area contributed by atoms with Gasteiger partial charge in [-0.15, -0.1) is 0 Å². The molecule has 0 aliphatic heterocycles. The molecule has 4 rings (SSSR count). The van der Waals surface area contributed by atoms with Crippen LogP contribution in [0.3, 0.4) is 0 Å². The summed E-state index contributed by atoms with van der Waals surface area (Å²) in [5.74, 6) is -3.95. The van der Waals surface area contributed by atoms with Crippen molar-refractivity contribution < 1.29 is 60.0 Å². The number of anilines is 4. The Morgan fingerprint density at radius 2 is 0.551 bits per heavy atom. The molecule has 16 heteroatoms. The van der Waals surface area contributed by atoms with E-state index in [4.69, 9.17) is 63.8 Å². The van der Waals surface area contributed by atoms with Crippen LogP contribution in [0, 0.1) is 5.41 Å². The van der Waals surface area contributed by atoms with Gasteiger partial charge in [0.25, 0.3) is 0 Å². The molecule has 0 radical (unpaired) electrons. The van der Waals surface area contributed by atoms with Gasteiger partial charge in [0.2, 0.25) is 0 Å². The molecule has 4 aromatic carbocycles. The third-order valence-electron chi connectivity index (χ3n) is 6.11. The Hall–Kier alpha value is -6.20. The Bertz CT molecular complexity index is 1410. The van der Waals surface area contributed by atoms with Crippen molar-refractivity contribution in [2.45, 2.75) is 0 Å². The van der Waals surface area contributed by atoms with Gasteiger partial charge in [-0.2, -0.15) is 0 Å². The van der Waals surface area contributed by atoms with Crippen LogP contribution in [0.2, 0.25) is 0 Å². The molecule has 0 atom stereocenters. The molecule has 16 nitrogen and oxygen atoms in total. The topological polar surface area (TPSA) is 334 Å². The number of benzene rings is 4. The lowest BCUT2D eigenvalue weighted by atomic mass is 9.93. The summed E-state index contributed by atoms with van der Waals surface area (Å²) in [5.41, 5.74) is 22.1. The summed E-state index contributed by atoms with van der Waals surface area (Å²) in [4.78, 5) is 41.4. The molecule has 16 N–H and O–H groups in total. The van der Waals surface area contributed by atoms with Gasteiger partial charge in [-0.05, 0) is 48.5 Å². The van der Waals surface area contributed by atoms with Crippen LogP contribution in [-0.4, -0.2) is 91.2 Å². The van der Waals surface area contributed by atoms with E-state index in [-0.39, 0.29) is 22.3 Å². The molecule has 0 unspecified atom stereocenters. The molecule has 0 bridgehead atoms. The molecule has 0 amide bonds. The summed E-state index contributed by atoms with van der Waals surface area (Å²) >= 11 is 0. The van der Waals surface area contributed by atoms with Crippen molar-refractivity contribution in [3.8, 4) is 0 Å². The first-order chi connectivity index (χ1) is 23.1. The van der Waals surface area contributed by atoms with Gasteiger partial charge in [0.15, 0.2) is 0 Å². The Morgan fingerprint density at radius 3 is 0.633 bits per heavy atom. The highest BCUT2D eigenvalue weighted by molar-refractivity contribution is 5.95. The van der Waals surface area contributed by atoms with Crippen molar-refractivity contribution in [3.63, 3.8) is 0 Å². The molecule has 0 fully saturated rings. The number of hydrogen-bond acceptors (Lipinski definition) is 12. The van der Waals surface area contributed by atoms with Crippen molar-refractivity contribution in [2.75, 3.05) is 49.4 Å². The number of carboxylic acids is 4. The van der Waals surface area contributed by atoms with Gasteiger partial charge in [-0.3, -0.25) is 0 Å². The molecule has 0 aromatic heterocycles. The zero-order chi connectivity index (χ0) is 37.6. The SMILES string of the molecule is Nc1ccccc1C(=O)O.Nc1ccccc1C(=O)O.Nc1ccccc1C(=O)O.Nc1ccccc1C(=O)O.OCC(CO)(CO)CO. The minimum atomic E-state index is -1.11. The summed E-state index contributed by atoms with van der Waals surface area (Å²) in [6.45, 7) is -1.62. The average Bonchev–Trinajstić information content (AvgIpc) is 3.08. The maximum absolute atomic E-state index is 10.3. The maximum atomic E-state index is 10.3. The highest BCUT2D eigenvalue weighted by atomic mass is 16.4. The van der Waals surface area contributed by atoms with Crippen LogP contribution in [0.4, 0.5) is 22.7 Å². The minimum Gasteiger partial charge on any atom is -0.478 e. The number of aliphatic hydroxyl groups excluding tert-OH is 4. The van der Waals surface area contributed by atoms with E-state index in [1.807, 2.05) is 0 Å². The average molecular weight is 685 g/mol. The van der Waals surface area contributed by atoms with Gasteiger partial charge in [-0.25, -0.2) is 19.2 Å². The Balaban J connectivity index is 0.000000588. The number of para-hydroxylation sites is 4. The molecule has 4 aromatic rings. The predicted octanol–water partition coefficient (Wildman–Crippen LogP) is 1.81. The summed E-state index contributed by atoms with van der Waals surface area (Å²) in [5, 5.41) is 67.9.